The van der Waals surface area contributed by atoms with Crippen molar-refractivity contribution in [1.82, 2.24) is 15.0 Å². The quantitative estimate of drug-likeness (QED) is 0.219. The Bertz CT molecular complexity index is 1620. The van der Waals surface area contributed by atoms with Gasteiger partial charge in [-0.1, -0.05) is 49.4 Å². The number of hydrogen-bond donors (Lipinski definition) is 2. The minimum absolute atomic E-state index is 0.0803. The van der Waals surface area contributed by atoms with Crippen molar-refractivity contribution in [3.8, 4) is 0 Å². The number of hydrogen-bond acceptors (Lipinski definition) is 8. The lowest BCUT2D eigenvalue weighted by atomic mass is 10.1. The van der Waals surface area contributed by atoms with E-state index in [9.17, 15) is 18.0 Å². The number of aliphatic imine (C=N–C) groups is 1. The summed E-state index contributed by atoms with van der Waals surface area (Å²) in [5.74, 6) is -0.365. The number of para-hydroxylation sites is 2. The molecule has 5 rings (SSSR count). The largest absolute Gasteiger partial charge is 0.434 e. The Morgan fingerprint density at radius 1 is 1.03 bits per heavy atom. The van der Waals surface area contributed by atoms with Crippen molar-refractivity contribution in [3.05, 3.63) is 90.3 Å². The Hall–Kier alpha value is -3.96. The third-order valence-corrected chi connectivity index (χ3v) is 8.64. The standard InChI is InChI=1S/C28H26N4O5S2/c1-2-20(25(33)28-31-21-13-7-8-14-23(21)37-28)30-27(34)22(16-17-38-18-10-4-3-5-11-18)29-26-19-12-6-9-15-24(19)39(35,36)32-26/h3-15,20,22H,2,16-17H2,1H3,(H,29,32)(H,30,34)/t20-,22-/m0/s1. The second-order valence-electron chi connectivity index (χ2n) is 8.87. The molecule has 11 heteroatoms. The van der Waals surface area contributed by atoms with Crippen LogP contribution in [0.25, 0.3) is 11.1 Å². The highest BCUT2D eigenvalue weighted by Crippen LogP contribution is 2.24. The Kier molecular flexibility index (Phi) is 7.80. The summed E-state index contributed by atoms with van der Waals surface area (Å²) in [6.45, 7) is 1.78. The third kappa shape index (κ3) is 5.89. The summed E-state index contributed by atoms with van der Waals surface area (Å²) >= 11 is 1.56. The van der Waals surface area contributed by atoms with E-state index in [0.29, 0.717) is 35.3 Å². The van der Waals surface area contributed by atoms with Crippen LogP contribution in [0, 0.1) is 0 Å². The number of Topliss-reactive ketones (excluding diaryl/α,β-unsaturated/α-hetero) is 1. The molecule has 39 heavy (non-hydrogen) atoms. The summed E-state index contributed by atoms with van der Waals surface area (Å²) in [6.07, 6.45) is 0.618. The van der Waals surface area contributed by atoms with Crippen LogP contribution in [-0.4, -0.2) is 48.8 Å². The number of sulfonamides is 1. The SMILES string of the molecule is CC[C@H](NC(=O)[C@H](CCSc1ccccc1)N=C1NS(=O)(=O)c2ccccc21)C(=O)c1nc2ccccc2o1. The van der Waals surface area contributed by atoms with Crippen molar-refractivity contribution in [2.45, 2.75) is 41.6 Å². The third-order valence-electron chi connectivity index (χ3n) is 6.20. The first-order chi connectivity index (χ1) is 18.9. The van der Waals surface area contributed by atoms with E-state index >= 15 is 0 Å². The number of carbonyl (C=O) groups excluding carboxylic acids is 2. The van der Waals surface area contributed by atoms with Crippen LogP contribution >= 0.6 is 11.8 Å². The molecule has 0 saturated carbocycles. The summed E-state index contributed by atoms with van der Waals surface area (Å²) < 4.78 is 33.3. The fourth-order valence-electron chi connectivity index (χ4n) is 4.19. The van der Waals surface area contributed by atoms with Gasteiger partial charge in [-0.3, -0.25) is 19.3 Å². The number of ketones is 1. The maximum absolute atomic E-state index is 13.5. The Labute approximate surface area is 230 Å². The van der Waals surface area contributed by atoms with Gasteiger partial charge < -0.3 is 9.73 Å². The monoisotopic (exact) mass is 562 g/mol. The van der Waals surface area contributed by atoms with Crippen molar-refractivity contribution in [2.75, 3.05) is 5.75 Å². The first kappa shape index (κ1) is 26.6. The lowest BCUT2D eigenvalue weighted by molar-refractivity contribution is -0.122. The number of oxazole rings is 1. The van der Waals surface area contributed by atoms with Gasteiger partial charge in [0.25, 0.3) is 15.9 Å². The van der Waals surface area contributed by atoms with Crippen molar-refractivity contribution in [1.29, 1.82) is 0 Å². The zero-order valence-corrected chi connectivity index (χ0v) is 22.7. The average Bonchev–Trinajstić information content (AvgIpc) is 3.50. The summed E-state index contributed by atoms with van der Waals surface area (Å²) in [4.78, 5) is 36.7. The molecule has 9 nitrogen and oxygen atoms in total. The molecule has 2 atom stereocenters. The number of amides is 1. The minimum atomic E-state index is -3.77. The topological polar surface area (TPSA) is 131 Å². The average molecular weight is 563 g/mol. The van der Waals surface area contributed by atoms with Gasteiger partial charge in [-0.15, -0.1) is 11.8 Å². The minimum Gasteiger partial charge on any atom is -0.434 e. The fraction of sp³-hybridized carbons (Fsp3) is 0.214. The molecule has 200 valence electrons. The molecule has 0 unspecified atom stereocenters. The maximum atomic E-state index is 13.5. The summed E-state index contributed by atoms with van der Waals surface area (Å²) in [6, 6.07) is 21.4. The van der Waals surface area contributed by atoms with Crippen LogP contribution in [0.4, 0.5) is 0 Å². The predicted octanol–water partition coefficient (Wildman–Crippen LogP) is 4.20. The fourth-order valence-corrected chi connectivity index (χ4v) is 6.36. The number of rotatable bonds is 10. The molecule has 0 bridgehead atoms. The molecule has 2 heterocycles. The number of aromatic nitrogens is 1. The van der Waals surface area contributed by atoms with Crippen molar-refractivity contribution in [3.63, 3.8) is 0 Å². The smallest absolute Gasteiger partial charge is 0.266 e. The van der Waals surface area contributed by atoms with E-state index < -0.39 is 33.8 Å². The van der Waals surface area contributed by atoms with E-state index in [1.165, 1.54) is 6.07 Å². The van der Waals surface area contributed by atoms with Gasteiger partial charge in [0, 0.05) is 16.2 Å². The Morgan fingerprint density at radius 3 is 2.51 bits per heavy atom. The molecule has 1 aliphatic heterocycles. The summed E-state index contributed by atoms with van der Waals surface area (Å²) in [7, 11) is -3.77. The van der Waals surface area contributed by atoms with Crippen LogP contribution in [-0.2, 0) is 14.8 Å². The zero-order chi connectivity index (χ0) is 27.4. The highest BCUT2D eigenvalue weighted by molar-refractivity contribution is 7.99. The first-order valence-corrected chi connectivity index (χ1v) is 14.9. The van der Waals surface area contributed by atoms with Gasteiger partial charge >= 0.3 is 0 Å². The first-order valence-electron chi connectivity index (χ1n) is 12.4. The molecular formula is C28H26N4O5S2. The normalized spacial score (nSPS) is 16.4. The number of benzene rings is 3. The lowest BCUT2D eigenvalue weighted by Crippen LogP contribution is -2.45. The van der Waals surface area contributed by atoms with Crippen LogP contribution < -0.4 is 10.0 Å². The lowest BCUT2D eigenvalue weighted by Gasteiger charge is -2.19. The van der Waals surface area contributed by atoms with Crippen LogP contribution in [0.1, 0.15) is 36.0 Å². The van der Waals surface area contributed by atoms with Crippen molar-refractivity contribution >= 4 is 50.4 Å². The van der Waals surface area contributed by atoms with Gasteiger partial charge in [-0.2, -0.15) is 0 Å². The van der Waals surface area contributed by atoms with E-state index in [1.54, 1.807) is 61.2 Å². The molecule has 0 radical (unpaired) electrons. The number of fused-ring (bicyclic) bond motifs is 2. The van der Waals surface area contributed by atoms with Gasteiger partial charge in [0.1, 0.15) is 17.4 Å². The van der Waals surface area contributed by atoms with Gasteiger partial charge in [0.05, 0.1) is 10.9 Å². The van der Waals surface area contributed by atoms with Gasteiger partial charge in [-0.25, -0.2) is 13.4 Å². The molecule has 0 saturated heterocycles. The molecule has 1 aliphatic rings. The molecule has 3 aromatic carbocycles. The van der Waals surface area contributed by atoms with Crippen LogP contribution in [0.15, 0.2) is 98.1 Å². The number of nitrogens with one attached hydrogen (secondary N) is 2. The molecule has 0 fully saturated rings. The predicted molar refractivity (Wildman–Crippen MR) is 149 cm³/mol. The highest BCUT2D eigenvalue weighted by atomic mass is 32.2. The summed E-state index contributed by atoms with van der Waals surface area (Å²) in [5.41, 5.74) is 1.44. The molecular weight excluding hydrogens is 536 g/mol. The zero-order valence-electron chi connectivity index (χ0n) is 21.0. The molecule has 0 aliphatic carbocycles. The molecule has 1 aromatic heterocycles. The molecule has 2 N–H and O–H groups in total. The van der Waals surface area contributed by atoms with Gasteiger partial charge in [0.2, 0.25) is 11.7 Å². The second-order valence-corrected chi connectivity index (χ2v) is 11.7. The van der Waals surface area contributed by atoms with E-state index in [2.05, 4.69) is 20.0 Å². The van der Waals surface area contributed by atoms with Crippen molar-refractivity contribution < 1.29 is 22.4 Å². The number of amidine groups is 1. The van der Waals surface area contributed by atoms with E-state index in [0.717, 1.165) is 4.90 Å². The molecule has 0 spiro atoms. The number of nitrogens with zero attached hydrogens (tertiary/aromatic N) is 2. The van der Waals surface area contributed by atoms with E-state index in [4.69, 9.17) is 4.42 Å². The van der Waals surface area contributed by atoms with Gasteiger partial charge in [0.15, 0.2) is 5.58 Å². The van der Waals surface area contributed by atoms with E-state index in [-0.39, 0.29) is 16.6 Å². The number of carbonyl (C=O) groups is 2. The van der Waals surface area contributed by atoms with Crippen LogP contribution in [0.5, 0.6) is 0 Å². The second kappa shape index (κ2) is 11.4. The number of thioether (sulfide) groups is 1. The van der Waals surface area contributed by atoms with Crippen LogP contribution in [0.3, 0.4) is 0 Å². The Balaban J connectivity index is 1.38. The van der Waals surface area contributed by atoms with Crippen molar-refractivity contribution in [2.24, 2.45) is 4.99 Å². The molecule has 4 aromatic rings. The van der Waals surface area contributed by atoms with E-state index in [1.807, 2.05) is 30.3 Å². The molecule has 1 amide bonds. The highest BCUT2D eigenvalue weighted by Gasteiger charge is 2.33. The van der Waals surface area contributed by atoms with Gasteiger partial charge in [-0.05, 0) is 49.2 Å². The Morgan fingerprint density at radius 2 is 1.74 bits per heavy atom. The van der Waals surface area contributed by atoms with Crippen LogP contribution in [0.2, 0.25) is 0 Å². The maximum Gasteiger partial charge on any atom is 0.266 e. The summed E-state index contributed by atoms with van der Waals surface area (Å²) in [5, 5.41) is 2.79.